The number of hydrogen-bond acceptors (Lipinski definition) is 2. The number of nitrogens with one attached hydrogen (secondary N) is 1. The summed E-state index contributed by atoms with van der Waals surface area (Å²) in [6.07, 6.45) is 0.800. The summed E-state index contributed by atoms with van der Waals surface area (Å²) in [4.78, 5) is 15.1. The fraction of sp³-hybridized carbons (Fsp3) is 0.389. The molecule has 0 unspecified atom stereocenters. The Bertz CT molecular complexity index is 789. The summed E-state index contributed by atoms with van der Waals surface area (Å²) in [5.41, 5.74) is 2.71. The first-order valence-corrected chi connectivity index (χ1v) is 8.74. The van der Waals surface area contributed by atoms with Gasteiger partial charge in [-0.05, 0) is 35.4 Å². The van der Waals surface area contributed by atoms with Gasteiger partial charge in [0.25, 0.3) is 0 Å². The molecule has 0 radical (unpaired) electrons. The Hall–Kier alpha value is -1.16. The highest BCUT2D eigenvalue weighted by molar-refractivity contribution is 6.49. The third kappa shape index (κ3) is 3.90. The maximum absolute atomic E-state index is 12.4. The SMILES string of the molecule is Cc1cc(CCC(=O)c2[nH]c(Cl)c(Cl)c2Cl)cc(C(C)(C)C)c1O. The van der Waals surface area contributed by atoms with Gasteiger partial charge in [-0.3, -0.25) is 4.79 Å². The third-order valence-electron chi connectivity index (χ3n) is 3.93. The molecule has 0 spiro atoms. The number of aryl methyl sites for hydroxylation is 2. The molecule has 0 atom stereocenters. The number of aromatic nitrogens is 1. The summed E-state index contributed by atoms with van der Waals surface area (Å²) < 4.78 is 0. The molecule has 1 aromatic carbocycles. The van der Waals surface area contributed by atoms with Crippen LogP contribution in [0.5, 0.6) is 5.75 Å². The van der Waals surface area contributed by atoms with E-state index in [9.17, 15) is 9.90 Å². The van der Waals surface area contributed by atoms with Crippen LogP contribution in [0.25, 0.3) is 0 Å². The van der Waals surface area contributed by atoms with Gasteiger partial charge in [0, 0.05) is 6.42 Å². The van der Waals surface area contributed by atoms with E-state index in [2.05, 4.69) is 4.98 Å². The minimum Gasteiger partial charge on any atom is -0.507 e. The van der Waals surface area contributed by atoms with Crippen molar-refractivity contribution in [1.82, 2.24) is 4.98 Å². The first-order valence-electron chi connectivity index (χ1n) is 7.61. The van der Waals surface area contributed by atoms with E-state index in [1.165, 1.54) is 0 Å². The van der Waals surface area contributed by atoms with Crippen LogP contribution in [0.15, 0.2) is 12.1 Å². The fourth-order valence-electron chi connectivity index (χ4n) is 2.57. The number of phenols is 1. The topological polar surface area (TPSA) is 53.1 Å². The van der Waals surface area contributed by atoms with Crippen LogP contribution < -0.4 is 0 Å². The number of aromatic amines is 1. The average molecular weight is 389 g/mol. The van der Waals surface area contributed by atoms with Gasteiger partial charge >= 0.3 is 0 Å². The fourth-order valence-corrected chi connectivity index (χ4v) is 3.20. The Morgan fingerprint density at radius 3 is 2.29 bits per heavy atom. The van der Waals surface area contributed by atoms with Crippen molar-refractivity contribution in [3.63, 3.8) is 0 Å². The van der Waals surface area contributed by atoms with Crippen molar-refractivity contribution in [3.8, 4) is 5.75 Å². The van der Waals surface area contributed by atoms with Crippen LogP contribution in [0.2, 0.25) is 15.2 Å². The van der Waals surface area contributed by atoms with Gasteiger partial charge in [-0.1, -0.05) is 67.7 Å². The molecule has 0 aliphatic carbocycles. The van der Waals surface area contributed by atoms with E-state index in [1.54, 1.807) is 0 Å². The van der Waals surface area contributed by atoms with Crippen molar-refractivity contribution in [2.24, 2.45) is 0 Å². The Labute approximate surface area is 156 Å². The minimum absolute atomic E-state index is 0.156. The first-order chi connectivity index (χ1) is 11.0. The molecule has 1 aromatic heterocycles. The number of halogens is 3. The van der Waals surface area contributed by atoms with Crippen molar-refractivity contribution in [3.05, 3.63) is 49.7 Å². The molecule has 0 bridgehead atoms. The highest BCUT2D eigenvalue weighted by Gasteiger charge is 2.22. The van der Waals surface area contributed by atoms with Gasteiger partial charge < -0.3 is 10.1 Å². The molecule has 1 heterocycles. The summed E-state index contributed by atoms with van der Waals surface area (Å²) >= 11 is 17.8. The number of hydrogen-bond donors (Lipinski definition) is 2. The largest absolute Gasteiger partial charge is 0.507 e. The first kappa shape index (κ1) is 19.2. The number of phenolic OH excluding ortho intramolecular Hbond substituents is 1. The normalized spacial score (nSPS) is 11.8. The van der Waals surface area contributed by atoms with E-state index in [-0.39, 0.29) is 38.5 Å². The third-order valence-corrected chi connectivity index (χ3v) is 5.16. The van der Waals surface area contributed by atoms with Crippen molar-refractivity contribution >= 4 is 40.6 Å². The number of aromatic hydroxyl groups is 1. The van der Waals surface area contributed by atoms with Gasteiger partial charge in [0.15, 0.2) is 5.78 Å². The Morgan fingerprint density at radius 2 is 1.79 bits per heavy atom. The van der Waals surface area contributed by atoms with Gasteiger partial charge in [-0.25, -0.2) is 0 Å². The summed E-state index contributed by atoms with van der Waals surface area (Å²) in [7, 11) is 0. The standard InChI is InChI=1S/C18H20Cl3NO2/c1-9-7-10(8-11(16(9)24)18(2,3)4)5-6-12(23)15-13(19)14(20)17(21)22-15/h7-8,22,24H,5-6H2,1-4H3. The van der Waals surface area contributed by atoms with Crippen LogP contribution in [-0.2, 0) is 11.8 Å². The molecule has 2 N–H and O–H groups in total. The maximum Gasteiger partial charge on any atom is 0.180 e. The van der Waals surface area contributed by atoms with Gasteiger partial charge in [-0.2, -0.15) is 0 Å². The smallest absolute Gasteiger partial charge is 0.180 e. The second-order valence-corrected chi connectivity index (χ2v) is 8.06. The molecule has 130 valence electrons. The molecule has 6 heteroatoms. The molecule has 3 nitrogen and oxygen atoms in total. The Morgan fingerprint density at radius 1 is 1.17 bits per heavy atom. The van der Waals surface area contributed by atoms with Crippen molar-refractivity contribution < 1.29 is 9.90 Å². The number of benzene rings is 1. The molecular formula is C18H20Cl3NO2. The summed E-state index contributed by atoms with van der Waals surface area (Å²) in [5, 5.41) is 10.8. The van der Waals surface area contributed by atoms with Crippen molar-refractivity contribution in [2.75, 3.05) is 0 Å². The molecule has 0 fully saturated rings. The van der Waals surface area contributed by atoms with Gasteiger partial charge in [0.1, 0.15) is 16.6 Å². The number of H-pyrrole nitrogens is 1. The lowest BCUT2D eigenvalue weighted by Gasteiger charge is -2.22. The number of carbonyl (C=O) groups excluding carboxylic acids is 1. The predicted molar refractivity (Wildman–Crippen MR) is 100 cm³/mol. The number of carbonyl (C=O) groups is 1. The van der Waals surface area contributed by atoms with Crippen LogP contribution in [0, 0.1) is 6.92 Å². The van der Waals surface area contributed by atoms with Crippen molar-refractivity contribution in [2.45, 2.75) is 46.0 Å². The van der Waals surface area contributed by atoms with E-state index in [0.717, 1.165) is 16.7 Å². The maximum atomic E-state index is 12.4. The molecular weight excluding hydrogens is 369 g/mol. The van der Waals surface area contributed by atoms with E-state index in [1.807, 2.05) is 39.8 Å². The molecule has 2 rings (SSSR count). The Kier molecular flexibility index (Phi) is 5.58. The second kappa shape index (κ2) is 6.99. The average Bonchev–Trinajstić information content (AvgIpc) is 2.74. The molecule has 0 saturated heterocycles. The molecule has 0 aliphatic rings. The molecule has 0 amide bonds. The predicted octanol–water partition coefficient (Wildman–Crippen LogP) is 6.10. The van der Waals surface area contributed by atoms with Crippen LogP contribution in [-0.4, -0.2) is 15.9 Å². The van der Waals surface area contributed by atoms with Crippen LogP contribution in [0.1, 0.15) is 54.4 Å². The van der Waals surface area contributed by atoms with E-state index in [0.29, 0.717) is 12.2 Å². The molecule has 24 heavy (non-hydrogen) atoms. The van der Waals surface area contributed by atoms with E-state index < -0.39 is 0 Å². The Balaban J connectivity index is 2.22. The van der Waals surface area contributed by atoms with E-state index in [4.69, 9.17) is 34.8 Å². The lowest BCUT2D eigenvalue weighted by Crippen LogP contribution is -2.13. The zero-order valence-corrected chi connectivity index (χ0v) is 16.3. The summed E-state index contributed by atoms with van der Waals surface area (Å²) in [6.45, 7) is 7.98. The zero-order valence-electron chi connectivity index (χ0n) is 14.1. The minimum atomic E-state index is -0.182. The van der Waals surface area contributed by atoms with E-state index >= 15 is 0 Å². The number of ketones is 1. The highest BCUT2D eigenvalue weighted by atomic mass is 35.5. The van der Waals surface area contributed by atoms with Crippen LogP contribution in [0.4, 0.5) is 0 Å². The number of rotatable bonds is 4. The quantitative estimate of drug-likeness (QED) is 0.621. The van der Waals surface area contributed by atoms with Crippen LogP contribution in [0.3, 0.4) is 0 Å². The van der Waals surface area contributed by atoms with Crippen LogP contribution >= 0.6 is 34.8 Å². The zero-order chi connectivity index (χ0) is 18.2. The van der Waals surface area contributed by atoms with Crippen molar-refractivity contribution in [1.29, 1.82) is 0 Å². The molecule has 0 aliphatic heterocycles. The molecule has 2 aromatic rings. The molecule has 0 saturated carbocycles. The lowest BCUT2D eigenvalue weighted by atomic mass is 9.83. The number of Topliss-reactive ketones (excluding diaryl/α,β-unsaturated/α-hetero) is 1. The summed E-state index contributed by atoms with van der Waals surface area (Å²) in [6, 6.07) is 3.85. The van der Waals surface area contributed by atoms with Gasteiger partial charge in [0.05, 0.1) is 10.0 Å². The highest BCUT2D eigenvalue weighted by Crippen LogP contribution is 2.35. The summed E-state index contributed by atoms with van der Waals surface area (Å²) in [5.74, 6) is 0.153. The van der Waals surface area contributed by atoms with Gasteiger partial charge in [0.2, 0.25) is 0 Å². The monoisotopic (exact) mass is 387 g/mol. The lowest BCUT2D eigenvalue weighted by molar-refractivity contribution is 0.0979. The second-order valence-electron chi connectivity index (χ2n) is 6.92. The van der Waals surface area contributed by atoms with Gasteiger partial charge in [-0.15, -0.1) is 0 Å².